The van der Waals surface area contributed by atoms with Crippen molar-refractivity contribution >= 4 is 38.8 Å². The van der Waals surface area contributed by atoms with Crippen molar-refractivity contribution in [3.63, 3.8) is 0 Å². The van der Waals surface area contributed by atoms with Crippen molar-refractivity contribution < 1.29 is 71.3 Å². The lowest BCUT2D eigenvalue weighted by atomic mass is 10.1. The number of aliphatic hydroxyl groups excluding tert-OH is 3. The summed E-state index contributed by atoms with van der Waals surface area (Å²) in [7, 11) is -10.6. The van der Waals surface area contributed by atoms with E-state index in [1.54, 1.807) is 0 Å². The maximum absolute atomic E-state index is 12.2. The number of imidazole rings is 1. The van der Waals surface area contributed by atoms with Crippen LogP contribution in [-0.2, 0) is 41.4 Å². The average Bonchev–Trinajstić information content (AvgIpc) is 3.56. The van der Waals surface area contributed by atoms with Crippen LogP contribution in [0, 0.1) is 0 Å². The van der Waals surface area contributed by atoms with Crippen LogP contribution in [0.1, 0.15) is 6.23 Å². The van der Waals surface area contributed by atoms with Crippen molar-refractivity contribution in [3.05, 3.63) is 12.7 Å². The molecule has 0 aromatic carbocycles. The van der Waals surface area contributed by atoms with Crippen LogP contribution in [0.5, 0.6) is 0 Å². The van der Waals surface area contributed by atoms with E-state index in [1.165, 1.54) is 10.9 Å². The lowest BCUT2D eigenvalue weighted by molar-refractivity contribution is -0.101. The number of fused-ring (bicyclic) bond motifs is 2. The lowest BCUT2D eigenvalue weighted by Crippen LogP contribution is -2.34. The number of hydrogen-bond acceptors (Lipinski definition) is 17. The monoisotopic (exact) mass is 585 g/mol. The topological polar surface area (TPSA) is 287 Å². The predicted octanol–water partition coefficient (Wildman–Crippen LogP) is -2.10. The molecule has 210 valence electrons. The summed E-state index contributed by atoms with van der Waals surface area (Å²) >= 11 is 0. The SMILES string of the molecule is Nc1ncnc2c1ncn2[C@@H]1O[C@H](COP(=O)(O)OP(=O)(O)OC[C@H]2O[C@@H]3OC(=O)O[C@@H]3[C@@H]2O)[C@@H](O)[C@H]1O. The number of phosphoric ester groups is 2. The van der Waals surface area contributed by atoms with E-state index in [-0.39, 0.29) is 17.0 Å². The summed E-state index contributed by atoms with van der Waals surface area (Å²) in [6.45, 7) is -1.70. The van der Waals surface area contributed by atoms with Gasteiger partial charge in [0.15, 0.2) is 23.8 Å². The molecule has 7 N–H and O–H groups in total. The Balaban J connectivity index is 1.15. The van der Waals surface area contributed by atoms with Crippen molar-refractivity contribution in [1.82, 2.24) is 19.5 Å². The van der Waals surface area contributed by atoms with Crippen molar-refractivity contribution in [1.29, 1.82) is 0 Å². The number of aromatic nitrogens is 4. The quantitative estimate of drug-likeness (QED) is 0.136. The van der Waals surface area contributed by atoms with Gasteiger partial charge >= 0.3 is 21.8 Å². The van der Waals surface area contributed by atoms with Gasteiger partial charge in [0, 0.05) is 0 Å². The highest BCUT2D eigenvalue weighted by atomic mass is 31.3. The molecule has 5 rings (SSSR count). The fraction of sp³-hybridized carbons (Fsp3) is 0.625. The normalized spacial score (nSPS) is 36.0. The predicted molar refractivity (Wildman–Crippen MR) is 114 cm³/mol. The van der Waals surface area contributed by atoms with Crippen molar-refractivity contribution in [3.8, 4) is 0 Å². The highest BCUT2D eigenvalue weighted by Crippen LogP contribution is 2.60. The van der Waals surface area contributed by atoms with Gasteiger partial charge in [-0.25, -0.2) is 28.9 Å². The van der Waals surface area contributed by atoms with E-state index in [9.17, 15) is 39.0 Å². The summed E-state index contributed by atoms with van der Waals surface area (Å²) in [5.74, 6) is 0.0596. The minimum absolute atomic E-state index is 0.0596. The molecule has 10 atom stereocenters. The van der Waals surface area contributed by atoms with Gasteiger partial charge in [-0.2, -0.15) is 4.31 Å². The molecule has 3 aliphatic rings. The van der Waals surface area contributed by atoms with Crippen LogP contribution >= 0.6 is 15.6 Å². The van der Waals surface area contributed by atoms with Crippen LogP contribution in [-0.4, -0.2) is 107 Å². The summed E-state index contributed by atoms with van der Waals surface area (Å²) in [6.07, 6.45) is -9.80. The molecule has 38 heavy (non-hydrogen) atoms. The third kappa shape index (κ3) is 5.26. The van der Waals surface area contributed by atoms with Crippen LogP contribution < -0.4 is 5.73 Å². The molecular weight excluding hydrogens is 564 g/mol. The zero-order valence-corrected chi connectivity index (χ0v) is 20.6. The zero-order chi connectivity index (χ0) is 27.4. The largest absolute Gasteiger partial charge is 0.511 e. The minimum Gasteiger partial charge on any atom is -0.421 e. The Labute approximate surface area is 211 Å². The maximum Gasteiger partial charge on any atom is 0.511 e. The molecule has 20 nitrogen and oxygen atoms in total. The van der Waals surface area contributed by atoms with Crippen LogP contribution in [0.4, 0.5) is 10.6 Å². The molecule has 2 aromatic rings. The van der Waals surface area contributed by atoms with Gasteiger partial charge in [0.05, 0.1) is 19.5 Å². The molecule has 3 saturated heterocycles. The fourth-order valence-corrected chi connectivity index (χ4v) is 6.05. The standard InChI is InChI=1S/C16H21N5O15P2/c17-12-7-13(19-3-18-12)21(4-20-7)14-10(24)8(22)5(32-14)1-30-37(26,27)36-38(28,29)31-2-6-9(23)11-15(33-6)35-16(25)34-11/h3-6,8-11,14-15,22-24H,1-2H2,(H,26,27)(H,28,29)(H2,17,18,19)/t5-,6-,8-,9-,10-,11-,14-,15-/m1/s1. The van der Waals surface area contributed by atoms with Gasteiger partial charge in [0.1, 0.15) is 42.4 Å². The Bertz CT molecular complexity index is 1310. The second kappa shape index (κ2) is 10.0. The molecular formula is C16H21N5O15P2. The molecule has 0 aliphatic carbocycles. The smallest absolute Gasteiger partial charge is 0.421 e. The van der Waals surface area contributed by atoms with E-state index >= 15 is 0 Å². The average molecular weight is 585 g/mol. The second-order valence-electron chi connectivity index (χ2n) is 8.22. The van der Waals surface area contributed by atoms with E-state index in [2.05, 4.69) is 37.8 Å². The first-order valence-corrected chi connectivity index (χ1v) is 13.7. The van der Waals surface area contributed by atoms with Gasteiger partial charge in [-0.05, 0) is 0 Å². The summed E-state index contributed by atoms with van der Waals surface area (Å²) < 4.78 is 59.0. The zero-order valence-electron chi connectivity index (χ0n) is 18.8. The summed E-state index contributed by atoms with van der Waals surface area (Å²) in [4.78, 5) is 42.5. The van der Waals surface area contributed by atoms with Crippen LogP contribution in [0.25, 0.3) is 11.2 Å². The van der Waals surface area contributed by atoms with Crippen molar-refractivity contribution in [2.24, 2.45) is 0 Å². The molecule has 0 saturated carbocycles. The number of nitrogens with zero attached hydrogens (tertiary/aromatic N) is 4. The first kappa shape index (κ1) is 27.3. The molecule has 0 spiro atoms. The number of nitrogen functional groups attached to an aromatic ring is 1. The highest BCUT2D eigenvalue weighted by Gasteiger charge is 2.54. The first-order chi connectivity index (χ1) is 17.8. The van der Waals surface area contributed by atoms with E-state index in [4.69, 9.17) is 15.2 Å². The van der Waals surface area contributed by atoms with Gasteiger partial charge in [0.2, 0.25) is 6.29 Å². The van der Waals surface area contributed by atoms with Crippen molar-refractivity contribution in [2.45, 2.75) is 49.1 Å². The van der Waals surface area contributed by atoms with Gasteiger partial charge in [-0.3, -0.25) is 13.6 Å². The molecule has 3 aliphatic heterocycles. The Kier molecular flexibility index (Phi) is 7.18. The molecule has 0 bridgehead atoms. The molecule has 0 amide bonds. The number of anilines is 1. The third-order valence-electron chi connectivity index (χ3n) is 5.75. The Morgan fingerprint density at radius 3 is 2.26 bits per heavy atom. The number of ether oxygens (including phenoxy) is 4. The number of rotatable bonds is 9. The van der Waals surface area contributed by atoms with E-state index in [0.29, 0.717) is 0 Å². The minimum atomic E-state index is -5.31. The third-order valence-corrected chi connectivity index (χ3v) is 8.35. The molecule has 2 aromatic heterocycles. The summed E-state index contributed by atoms with van der Waals surface area (Å²) in [6, 6.07) is 0. The molecule has 3 fully saturated rings. The Morgan fingerprint density at radius 2 is 1.61 bits per heavy atom. The van der Waals surface area contributed by atoms with Crippen LogP contribution in [0.3, 0.4) is 0 Å². The van der Waals surface area contributed by atoms with Gasteiger partial charge < -0.3 is 49.8 Å². The van der Waals surface area contributed by atoms with Crippen LogP contribution in [0.15, 0.2) is 12.7 Å². The van der Waals surface area contributed by atoms with E-state index in [0.717, 1.165) is 6.33 Å². The highest BCUT2D eigenvalue weighted by molar-refractivity contribution is 7.61. The van der Waals surface area contributed by atoms with Gasteiger partial charge in [-0.1, -0.05) is 0 Å². The maximum atomic E-state index is 12.2. The van der Waals surface area contributed by atoms with Crippen LogP contribution in [0.2, 0.25) is 0 Å². The molecule has 0 radical (unpaired) electrons. The van der Waals surface area contributed by atoms with Gasteiger partial charge in [0.25, 0.3) is 0 Å². The summed E-state index contributed by atoms with van der Waals surface area (Å²) in [5.41, 5.74) is 6.11. The Morgan fingerprint density at radius 1 is 0.947 bits per heavy atom. The number of aliphatic hydroxyl groups is 3. The number of phosphoric acid groups is 2. The van der Waals surface area contributed by atoms with E-state index < -0.39 is 84.2 Å². The summed E-state index contributed by atoms with van der Waals surface area (Å²) in [5, 5.41) is 30.8. The van der Waals surface area contributed by atoms with E-state index in [1.807, 2.05) is 0 Å². The lowest BCUT2D eigenvalue weighted by Gasteiger charge is -2.20. The molecule has 5 heterocycles. The second-order valence-corrected chi connectivity index (χ2v) is 11.3. The first-order valence-electron chi connectivity index (χ1n) is 10.7. The molecule has 22 heteroatoms. The molecule has 2 unspecified atom stereocenters. The number of carbonyl (C=O) groups excluding carboxylic acids is 1. The number of carbonyl (C=O) groups is 1. The Hall–Kier alpha value is -2.32. The van der Waals surface area contributed by atoms with Crippen molar-refractivity contribution in [2.75, 3.05) is 18.9 Å². The van der Waals surface area contributed by atoms with Gasteiger partial charge in [-0.15, -0.1) is 0 Å². The number of hydrogen-bond donors (Lipinski definition) is 6. The fourth-order valence-electron chi connectivity index (χ4n) is 3.96. The number of nitrogens with two attached hydrogens (primary N) is 1.